The fourth-order valence-corrected chi connectivity index (χ4v) is 3.81. The standard InChI is InChI=1S/C21H25Cl2N3O3/c22-16-3-1-14(2-4-16)12-26-9-7-15(8-10-26)19(27)13-29-20-6-5-17(23)11-18(20)25-21(24)28/h1-6,11,15,19,27H,7-10,12-13H2,(H3,24,25,28). The molecule has 1 saturated heterocycles. The van der Waals surface area contributed by atoms with E-state index >= 15 is 0 Å². The summed E-state index contributed by atoms with van der Waals surface area (Å²) in [6.07, 6.45) is 1.20. The fraction of sp³-hybridized carbons (Fsp3) is 0.381. The molecule has 0 spiro atoms. The van der Waals surface area contributed by atoms with Crippen molar-refractivity contribution in [2.75, 3.05) is 25.0 Å². The summed E-state index contributed by atoms with van der Waals surface area (Å²) in [6, 6.07) is 12.1. The van der Waals surface area contributed by atoms with Crippen LogP contribution in [0.1, 0.15) is 18.4 Å². The minimum Gasteiger partial charge on any atom is -0.489 e. The van der Waals surface area contributed by atoms with E-state index in [1.807, 2.05) is 24.3 Å². The number of benzene rings is 2. The molecule has 0 bridgehead atoms. The smallest absolute Gasteiger partial charge is 0.316 e. The number of carbonyl (C=O) groups excluding carboxylic acids is 1. The predicted molar refractivity (Wildman–Crippen MR) is 116 cm³/mol. The number of hydrogen-bond donors (Lipinski definition) is 3. The van der Waals surface area contributed by atoms with Gasteiger partial charge in [-0.3, -0.25) is 4.90 Å². The minimum atomic E-state index is -0.703. The molecule has 1 heterocycles. The van der Waals surface area contributed by atoms with Crippen LogP contribution in [0.3, 0.4) is 0 Å². The first-order chi connectivity index (χ1) is 13.9. The van der Waals surface area contributed by atoms with E-state index < -0.39 is 12.1 Å². The lowest BCUT2D eigenvalue weighted by Crippen LogP contribution is -2.39. The van der Waals surface area contributed by atoms with Crippen molar-refractivity contribution in [3.8, 4) is 5.75 Å². The highest BCUT2D eigenvalue weighted by Gasteiger charge is 2.26. The van der Waals surface area contributed by atoms with Crippen molar-refractivity contribution < 1.29 is 14.6 Å². The van der Waals surface area contributed by atoms with Crippen LogP contribution >= 0.6 is 23.2 Å². The Morgan fingerprint density at radius 2 is 1.83 bits per heavy atom. The highest BCUT2D eigenvalue weighted by atomic mass is 35.5. The third-order valence-corrected chi connectivity index (χ3v) is 5.59. The molecule has 8 heteroatoms. The molecular weight excluding hydrogens is 413 g/mol. The number of piperidine rings is 1. The molecular formula is C21H25Cl2N3O3. The van der Waals surface area contributed by atoms with Crippen molar-refractivity contribution in [2.24, 2.45) is 11.7 Å². The molecule has 3 rings (SSSR count). The van der Waals surface area contributed by atoms with Crippen LogP contribution in [0.15, 0.2) is 42.5 Å². The Balaban J connectivity index is 1.48. The van der Waals surface area contributed by atoms with Crippen LogP contribution < -0.4 is 15.8 Å². The van der Waals surface area contributed by atoms with Crippen molar-refractivity contribution in [2.45, 2.75) is 25.5 Å². The third-order valence-electron chi connectivity index (χ3n) is 5.10. The molecule has 0 radical (unpaired) electrons. The number of anilines is 1. The second-order valence-electron chi connectivity index (χ2n) is 7.25. The van der Waals surface area contributed by atoms with E-state index in [1.165, 1.54) is 5.56 Å². The first kappa shape index (κ1) is 21.7. The monoisotopic (exact) mass is 437 g/mol. The van der Waals surface area contributed by atoms with Gasteiger partial charge in [-0.25, -0.2) is 4.79 Å². The molecule has 4 N–H and O–H groups in total. The van der Waals surface area contributed by atoms with Gasteiger partial charge in [0.15, 0.2) is 0 Å². The van der Waals surface area contributed by atoms with Gasteiger partial charge in [-0.2, -0.15) is 0 Å². The van der Waals surface area contributed by atoms with Crippen LogP contribution in [0.2, 0.25) is 10.0 Å². The number of amides is 2. The topological polar surface area (TPSA) is 87.8 Å². The lowest BCUT2D eigenvalue weighted by atomic mass is 9.91. The summed E-state index contributed by atoms with van der Waals surface area (Å²) in [5.74, 6) is 0.587. The van der Waals surface area contributed by atoms with Gasteiger partial charge in [0, 0.05) is 16.6 Å². The Morgan fingerprint density at radius 1 is 1.17 bits per heavy atom. The van der Waals surface area contributed by atoms with Crippen molar-refractivity contribution in [3.63, 3.8) is 0 Å². The van der Waals surface area contributed by atoms with E-state index in [2.05, 4.69) is 10.2 Å². The number of aliphatic hydroxyl groups is 1. The van der Waals surface area contributed by atoms with Crippen LogP contribution in [0.25, 0.3) is 0 Å². The number of hydrogen-bond acceptors (Lipinski definition) is 4. The number of urea groups is 1. The Kier molecular flexibility index (Phi) is 7.61. The quantitative estimate of drug-likeness (QED) is 0.607. The zero-order valence-electron chi connectivity index (χ0n) is 16.0. The summed E-state index contributed by atoms with van der Waals surface area (Å²) < 4.78 is 5.74. The zero-order valence-corrected chi connectivity index (χ0v) is 17.5. The molecule has 2 aromatic carbocycles. The molecule has 156 valence electrons. The van der Waals surface area contributed by atoms with E-state index in [4.69, 9.17) is 33.7 Å². The number of nitrogens with zero attached hydrogens (tertiary/aromatic N) is 1. The lowest BCUT2D eigenvalue weighted by molar-refractivity contribution is 0.0247. The van der Waals surface area contributed by atoms with Crippen molar-refractivity contribution >= 4 is 34.9 Å². The molecule has 1 aliphatic heterocycles. The summed E-state index contributed by atoms with van der Waals surface area (Å²) in [6.45, 7) is 2.85. The summed E-state index contributed by atoms with van der Waals surface area (Å²) in [7, 11) is 0. The van der Waals surface area contributed by atoms with E-state index in [0.717, 1.165) is 37.5 Å². The molecule has 0 saturated carbocycles. The van der Waals surface area contributed by atoms with Gasteiger partial charge >= 0.3 is 6.03 Å². The number of ether oxygens (including phenoxy) is 1. The molecule has 0 aliphatic carbocycles. The number of nitrogens with one attached hydrogen (secondary N) is 1. The molecule has 29 heavy (non-hydrogen) atoms. The maximum atomic E-state index is 11.1. The maximum Gasteiger partial charge on any atom is 0.316 e. The SMILES string of the molecule is NC(=O)Nc1cc(Cl)ccc1OCC(O)C1CCN(Cc2ccc(Cl)cc2)CC1. The average molecular weight is 438 g/mol. The number of nitrogens with two attached hydrogens (primary N) is 1. The first-order valence-electron chi connectivity index (χ1n) is 9.54. The molecule has 1 atom stereocenters. The summed E-state index contributed by atoms with van der Waals surface area (Å²) >= 11 is 11.9. The number of likely N-dealkylation sites (tertiary alicyclic amines) is 1. The highest BCUT2D eigenvalue weighted by Crippen LogP contribution is 2.29. The summed E-state index contributed by atoms with van der Waals surface area (Å²) in [5, 5.41) is 14.3. The van der Waals surface area contributed by atoms with Crippen molar-refractivity contribution in [1.82, 2.24) is 4.90 Å². The van der Waals surface area contributed by atoms with E-state index in [1.54, 1.807) is 18.2 Å². The van der Waals surface area contributed by atoms with Gasteiger partial charge in [-0.15, -0.1) is 0 Å². The van der Waals surface area contributed by atoms with Gasteiger partial charge in [0.25, 0.3) is 0 Å². The Morgan fingerprint density at radius 3 is 2.48 bits per heavy atom. The fourth-order valence-electron chi connectivity index (χ4n) is 3.51. The molecule has 2 amide bonds. The van der Waals surface area contributed by atoms with Gasteiger partial charge in [0.1, 0.15) is 12.4 Å². The van der Waals surface area contributed by atoms with Gasteiger partial charge in [0.05, 0.1) is 11.8 Å². The number of rotatable bonds is 7. The van der Waals surface area contributed by atoms with Crippen molar-refractivity contribution in [3.05, 3.63) is 58.1 Å². The van der Waals surface area contributed by atoms with Gasteiger partial charge in [0.2, 0.25) is 0 Å². The van der Waals surface area contributed by atoms with E-state index in [9.17, 15) is 9.90 Å². The first-order valence-corrected chi connectivity index (χ1v) is 10.3. The van der Waals surface area contributed by atoms with Crippen LogP contribution in [0.5, 0.6) is 5.75 Å². The third kappa shape index (κ3) is 6.51. The van der Waals surface area contributed by atoms with Crippen LogP contribution in [-0.4, -0.2) is 41.8 Å². The molecule has 6 nitrogen and oxygen atoms in total. The summed E-state index contributed by atoms with van der Waals surface area (Å²) in [5.41, 5.74) is 6.80. The minimum absolute atomic E-state index is 0.136. The maximum absolute atomic E-state index is 11.1. The van der Waals surface area contributed by atoms with Crippen LogP contribution in [-0.2, 0) is 6.54 Å². The predicted octanol–water partition coefficient (Wildman–Crippen LogP) is 4.14. The number of primary amides is 1. The lowest BCUT2D eigenvalue weighted by Gasteiger charge is -2.34. The molecule has 1 unspecified atom stereocenters. The molecule has 2 aromatic rings. The Bertz CT molecular complexity index is 824. The normalized spacial score (nSPS) is 16.4. The highest BCUT2D eigenvalue weighted by molar-refractivity contribution is 6.31. The van der Waals surface area contributed by atoms with Gasteiger partial charge in [-0.05, 0) is 67.7 Å². The van der Waals surface area contributed by atoms with Gasteiger partial charge < -0.3 is 20.9 Å². The summed E-state index contributed by atoms with van der Waals surface area (Å²) in [4.78, 5) is 13.5. The molecule has 1 aliphatic rings. The molecule has 0 aromatic heterocycles. The second-order valence-corrected chi connectivity index (χ2v) is 8.12. The van der Waals surface area contributed by atoms with E-state index in [0.29, 0.717) is 16.5 Å². The number of halogens is 2. The van der Waals surface area contributed by atoms with Crippen molar-refractivity contribution in [1.29, 1.82) is 0 Å². The average Bonchev–Trinajstić information content (AvgIpc) is 2.69. The largest absolute Gasteiger partial charge is 0.489 e. The zero-order chi connectivity index (χ0) is 20.8. The Labute approximate surface area is 180 Å². The van der Waals surface area contributed by atoms with E-state index in [-0.39, 0.29) is 12.5 Å². The number of aliphatic hydroxyl groups excluding tert-OH is 1. The molecule has 1 fully saturated rings. The number of carbonyl (C=O) groups is 1. The van der Waals surface area contributed by atoms with Crippen LogP contribution in [0.4, 0.5) is 10.5 Å². The Hall–Kier alpha value is -1.99. The van der Waals surface area contributed by atoms with Crippen LogP contribution in [0, 0.1) is 5.92 Å². The second kappa shape index (κ2) is 10.2. The van der Waals surface area contributed by atoms with Gasteiger partial charge in [-0.1, -0.05) is 35.3 Å².